The Morgan fingerprint density at radius 2 is 1.67 bits per heavy atom. The SMILES string of the molecule is CC1(C)CN2C(=O)CN(C(=O)c3ccc(-n4cccc4)cc3)CC2c2ccccc21. The zero-order chi connectivity index (χ0) is 20.9. The van der Waals surface area contributed by atoms with Gasteiger partial charge in [-0.05, 0) is 47.5 Å². The van der Waals surface area contributed by atoms with Crippen LogP contribution in [-0.4, -0.2) is 45.8 Å². The first-order valence-corrected chi connectivity index (χ1v) is 10.4. The molecule has 1 unspecified atom stereocenters. The number of aromatic nitrogens is 1. The Labute approximate surface area is 176 Å². The second kappa shape index (κ2) is 6.87. The molecule has 0 saturated carbocycles. The van der Waals surface area contributed by atoms with Gasteiger partial charge < -0.3 is 14.4 Å². The van der Waals surface area contributed by atoms with Crippen LogP contribution in [0.25, 0.3) is 5.69 Å². The van der Waals surface area contributed by atoms with E-state index in [0.29, 0.717) is 18.7 Å². The molecule has 1 fully saturated rings. The standard InChI is InChI=1S/C25H25N3O2/c1-25(2)17-28-22(20-7-3-4-8-21(20)25)15-27(16-23(28)29)24(30)18-9-11-19(12-10-18)26-13-5-6-14-26/h3-14,22H,15-17H2,1-2H3. The average Bonchev–Trinajstić information content (AvgIpc) is 3.29. The van der Waals surface area contributed by atoms with Crippen molar-refractivity contribution >= 4 is 11.8 Å². The van der Waals surface area contributed by atoms with Gasteiger partial charge in [-0.3, -0.25) is 9.59 Å². The van der Waals surface area contributed by atoms with Gasteiger partial charge in [0.1, 0.15) is 6.54 Å². The van der Waals surface area contributed by atoms with Gasteiger partial charge in [0.2, 0.25) is 5.91 Å². The van der Waals surface area contributed by atoms with Gasteiger partial charge in [0.05, 0.1) is 6.04 Å². The van der Waals surface area contributed by atoms with Crippen LogP contribution in [0, 0.1) is 0 Å². The van der Waals surface area contributed by atoms with E-state index in [4.69, 9.17) is 0 Å². The minimum Gasteiger partial charge on any atom is -0.331 e. The number of fused-ring (bicyclic) bond motifs is 3. The summed E-state index contributed by atoms with van der Waals surface area (Å²) in [5.74, 6) is -0.0736. The number of hydrogen-bond donors (Lipinski definition) is 0. The molecular formula is C25H25N3O2. The van der Waals surface area contributed by atoms with Crippen LogP contribution in [0.15, 0.2) is 73.1 Å². The molecule has 30 heavy (non-hydrogen) atoms. The van der Waals surface area contributed by atoms with Crippen LogP contribution in [0.5, 0.6) is 0 Å². The van der Waals surface area contributed by atoms with Crippen LogP contribution < -0.4 is 0 Å². The van der Waals surface area contributed by atoms with Gasteiger partial charge in [-0.25, -0.2) is 0 Å². The van der Waals surface area contributed by atoms with Gasteiger partial charge in [-0.15, -0.1) is 0 Å². The maximum atomic E-state index is 13.2. The van der Waals surface area contributed by atoms with Crippen molar-refractivity contribution in [3.8, 4) is 5.69 Å². The number of piperazine rings is 1. The quantitative estimate of drug-likeness (QED) is 0.658. The monoisotopic (exact) mass is 399 g/mol. The first-order chi connectivity index (χ1) is 14.4. The Kier molecular flexibility index (Phi) is 4.28. The third-order valence-electron chi connectivity index (χ3n) is 6.33. The highest BCUT2D eigenvalue weighted by Crippen LogP contribution is 2.41. The van der Waals surface area contributed by atoms with Crippen molar-refractivity contribution in [3.63, 3.8) is 0 Å². The smallest absolute Gasteiger partial charge is 0.254 e. The highest BCUT2D eigenvalue weighted by atomic mass is 16.2. The minimum absolute atomic E-state index is 0.0196. The number of benzene rings is 2. The van der Waals surface area contributed by atoms with Gasteiger partial charge in [0.15, 0.2) is 0 Å². The van der Waals surface area contributed by atoms with Crippen LogP contribution >= 0.6 is 0 Å². The Morgan fingerprint density at radius 1 is 0.967 bits per heavy atom. The van der Waals surface area contributed by atoms with Crippen molar-refractivity contribution in [1.29, 1.82) is 0 Å². The van der Waals surface area contributed by atoms with E-state index in [-0.39, 0.29) is 29.8 Å². The molecule has 0 bridgehead atoms. The summed E-state index contributed by atoms with van der Waals surface area (Å²) >= 11 is 0. The Bertz CT molecular complexity index is 1100. The predicted octanol–water partition coefficient (Wildman–Crippen LogP) is 3.79. The summed E-state index contributed by atoms with van der Waals surface area (Å²) < 4.78 is 2.00. The van der Waals surface area contributed by atoms with E-state index in [1.54, 1.807) is 4.90 Å². The lowest BCUT2D eigenvalue weighted by Gasteiger charge is -2.49. The molecular weight excluding hydrogens is 374 g/mol. The fraction of sp³-hybridized carbons (Fsp3) is 0.280. The predicted molar refractivity (Wildman–Crippen MR) is 116 cm³/mol. The molecule has 1 saturated heterocycles. The van der Waals surface area contributed by atoms with E-state index < -0.39 is 0 Å². The first-order valence-electron chi connectivity index (χ1n) is 10.4. The summed E-state index contributed by atoms with van der Waals surface area (Å²) in [7, 11) is 0. The van der Waals surface area contributed by atoms with Gasteiger partial charge in [0, 0.05) is 42.1 Å². The summed E-state index contributed by atoms with van der Waals surface area (Å²) in [6.45, 7) is 5.70. The normalized spacial score (nSPS) is 19.9. The zero-order valence-electron chi connectivity index (χ0n) is 17.3. The highest BCUT2D eigenvalue weighted by Gasteiger charge is 2.44. The fourth-order valence-corrected chi connectivity index (χ4v) is 4.80. The maximum absolute atomic E-state index is 13.2. The lowest BCUT2D eigenvalue weighted by Crippen LogP contribution is -2.58. The van der Waals surface area contributed by atoms with Crippen molar-refractivity contribution in [1.82, 2.24) is 14.4 Å². The number of nitrogens with zero attached hydrogens (tertiary/aromatic N) is 3. The average molecular weight is 399 g/mol. The van der Waals surface area contributed by atoms with E-state index in [1.807, 2.05) is 64.3 Å². The van der Waals surface area contributed by atoms with Gasteiger partial charge in [-0.1, -0.05) is 38.1 Å². The van der Waals surface area contributed by atoms with Crippen molar-refractivity contribution in [2.24, 2.45) is 0 Å². The molecule has 2 amide bonds. The number of carbonyl (C=O) groups is 2. The summed E-state index contributed by atoms with van der Waals surface area (Å²) in [6.07, 6.45) is 3.94. The number of hydrogen-bond acceptors (Lipinski definition) is 2. The molecule has 152 valence electrons. The second-order valence-corrected chi connectivity index (χ2v) is 8.83. The molecule has 0 spiro atoms. The lowest BCUT2D eigenvalue weighted by molar-refractivity contribution is -0.140. The first kappa shape index (κ1) is 18.7. The molecule has 0 N–H and O–H groups in total. The van der Waals surface area contributed by atoms with Gasteiger partial charge >= 0.3 is 0 Å². The largest absolute Gasteiger partial charge is 0.331 e. The summed E-state index contributed by atoms with van der Waals surface area (Å²) in [6, 6.07) is 19.7. The molecule has 1 aromatic heterocycles. The van der Waals surface area contributed by atoms with Gasteiger partial charge in [-0.2, -0.15) is 0 Å². The van der Waals surface area contributed by atoms with Crippen LogP contribution in [0.4, 0.5) is 0 Å². The van der Waals surface area contributed by atoms with Crippen LogP contribution in [0.2, 0.25) is 0 Å². The lowest BCUT2D eigenvalue weighted by atomic mass is 9.75. The zero-order valence-corrected chi connectivity index (χ0v) is 17.3. The van der Waals surface area contributed by atoms with Crippen LogP contribution in [-0.2, 0) is 10.2 Å². The van der Waals surface area contributed by atoms with E-state index in [0.717, 1.165) is 11.3 Å². The van der Waals surface area contributed by atoms with Crippen LogP contribution in [0.1, 0.15) is 41.4 Å². The van der Waals surface area contributed by atoms with E-state index in [2.05, 4.69) is 32.0 Å². The van der Waals surface area contributed by atoms with Gasteiger partial charge in [0.25, 0.3) is 5.91 Å². The molecule has 2 aliphatic rings. The Morgan fingerprint density at radius 3 is 2.40 bits per heavy atom. The number of rotatable bonds is 2. The molecule has 2 aromatic carbocycles. The van der Waals surface area contributed by atoms with Crippen molar-refractivity contribution in [2.45, 2.75) is 25.3 Å². The Hall–Kier alpha value is -3.34. The maximum Gasteiger partial charge on any atom is 0.254 e. The third-order valence-corrected chi connectivity index (χ3v) is 6.33. The van der Waals surface area contributed by atoms with Crippen molar-refractivity contribution in [2.75, 3.05) is 19.6 Å². The molecule has 1 atom stereocenters. The molecule has 0 radical (unpaired) electrons. The minimum atomic E-state index is -0.0940. The molecule has 3 aromatic rings. The number of amides is 2. The Balaban J connectivity index is 1.42. The molecule has 5 heteroatoms. The molecule has 2 aliphatic heterocycles. The summed E-state index contributed by atoms with van der Waals surface area (Å²) in [4.78, 5) is 29.9. The van der Waals surface area contributed by atoms with E-state index in [9.17, 15) is 9.59 Å². The molecule has 5 nitrogen and oxygen atoms in total. The molecule has 5 rings (SSSR count). The second-order valence-electron chi connectivity index (χ2n) is 8.83. The highest BCUT2D eigenvalue weighted by molar-refractivity contribution is 5.97. The summed E-state index contributed by atoms with van der Waals surface area (Å²) in [5.41, 5.74) is 3.94. The van der Waals surface area contributed by atoms with E-state index >= 15 is 0 Å². The van der Waals surface area contributed by atoms with E-state index in [1.165, 1.54) is 5.56 Å². The fourth-order valence-electron chi connectivity index (χ4n) is 4.80. The molecule has 3 heterocycles. The van der Waals surface area contributed by atoms with Crippen LogP contribution in [0.3, 0.4) is 0 Å². The number of carbonyl (C=O) groups excluding carboxylic acids is 2. The molecule has 0 aliphatic carbocycles. The summed E-state index contributed by atoms with van der Waals surface area (Å²) in [5, 5.41) is 0. The van der Waals surface area contributed by atoms with Crippen molar-refractivity contribution < 1.29 is 9.59 Å². The third kappa shape index (κ3) is 3.02. The topological polar surface area (TPSA) is 45.6 Å². The van der Waals surface area contributed by atoms with Crippen molar-refractivity contribution in [3.05, 3.63) is 89.7 Å².